The molecule has 40 valence electrons. The number of hydrogen-bond acceptors (Lipinski definition) is 3. The Hall–Kier alpha value is -1.13. The Morgan fingerprint density at radius 1 is 1.86 bits per heavy atom. The zero-order valence-corrected chi connectivity index (χ0v) is 3.83. The van der Waals surface area contributed by atoms with Crippen LogP contribution in [0.3, 0.4) is 0 Å². The van der Waals surface area contributed by atoms with Gasteiger partial charge >= 0.3 is 0 Å². The van der Waals surface area contributed by atoms with Crippen LogP contribution in [0, 0.1) is 4.91 Å². The first-order chi connectivity index (χ1) is 3.31. The third kappa shape index (κ3) is 2.68. The summed E-state index contributed by atoms with van der Waals surface area (Å²) < 4.78 is 0. The standard InChI is InChI=1S/C2H5N4O/c1-6(5-7)4-2-3/h2H,1H3,(H-,3,4)/q-1. The monoisotopic (exact) mass is 101 g/mol. The van der Waals surface area contributed by atoms with Crippen LogP contribution in [-0.4, -0.2) is 18.5 Å². The zero-order chi connectivity index (χ0) is 5.70. The smallest absolute Gasteiger partial charge is 0.0558 e. The van der Waals surface area contributed by atoms with Gasteiger partial charge in [0.25, 0.3) is 0 Å². The summed E-state index contributed by atoms with van der Waals surface area (Å²) in [6, 6.07) is 0. The normalized spacial score (nSPS) is 9.29. The molecule has 0 aliphatic heterocycles. The third-order valence-electron chi connectivity index (χ3n) is 0.343. The van der Waals surface area contributed by atoms with E-state index < -0.39 is 0 Å². The van der Waals surface area contributed by atoms with Gasteiger partial charge in [-0.3, -0.25) is 0 Å². The van der Waals surface area contributed by atoms with Crippen LogP contribution in [0.2, 0.25) is 0 Å². The van der Waals surface area contributed by atoms with E-state index in [1.54, 1.807) is 0 Å². The van der Waals surface area contributed by atoms with Gasteiger partial charge in [-0.25, -0.2) is 5.12 Å². The second-order valence-electron chi connectivity index (χ2n) is 0.816. The van der Waals surface area contributed by atoms with Crippen molar-refractivity contribution in [2.45, 2.75) is 0 Å². The quantitative estimate of drug-likeness (QED) is 0.221. The molecule has 5 heteroatoms. The summed E-state index contributed by atoms with van der Waals surface area (Å²) in [5.74, 6) is 0. The van der Waals surface area contributed by atoms with E-state index in [4.69, 9.17) is 5.73 Å². The van der Waals surface area contributed by atoms with Crippen LogP contribution >= 0.6 is 0 Å². The van der Waals surface area contributed by atoms with E-state index in [2.05, 4.69) is 10.4 Å². The number of rotatable bonds is 2. The van der Waals surface area contributed by atoms with Crippen molar-refractivity contribution in [2.75, 3.05) is 7.05 Å². The molecule has 0 aliphatic carbocycles. The van der Waals surface area contributed by atoms with E-state index in [1.807, 2.05) is 0 Å². The van der Waals surface area contributed by atoms with E-state index in [0.717, 1.165) is 11.5 Å². The highest BCUT2D eigenvalue weighted by Crippen LogP contribution is 1.78. The minimum atomic E-state index is 0.738. The first kappa shape index (κ1) is 5.87. The largest absolute Gasteiger partial charge is 0.487 e. The van der Waals surface area contributed by atoms with Crippen molar-refractivity contribution in [2.24, 2.45) is 10.4 Å². The fraction of sp³-hybridized carbons (Fsp3) is 0.500. The summed E-state index contributed by atoms with van der Waals surface area (Å²) >= 11 is 0. The van der Waals surface area contributed by atoms with Gasteiger partial charge in [0.05, 0.1) is 5.29 Å². The lowest BCUT2D eigenvalue weighted by atomic mass is 11.3. The lowest BCUT2D eigenvalue weighted by molar-refractivity contribution is 0.374. The van der Waals surface area contributed by atoms with Gasteiger partial charge in [0.2, 0.25) is 0 Å². The summed E-state index contributed by atoms with van der Waals surface area (Å²) in [6.45, 7) is 0. The number of hydrogen-bond donors (Lipinski definition) is 0. The molecule has 0 aromatic rings. The summed E-state index contributed by atoms with van der Waals surface area (Å²) in [5.41, 5.74) is 6.30. The summed E-state index contributed by atoms with van der Waals surface area (Å²) in [6.07, 6.45) is 0.738. The molecule has 0 aliphatic rings. The van der Waals surface area contributed by atoms with Crippen molar-refractivity contribution in [3.8, 4) is 0 Å². The first-order valence-electron chi connectivity index (χ1n) is 1.58. The Morgan fingerprint density at radius 3 is 2.57 bits per heavy atom. The number of hydrazone groups is 1. The minimum absolute atomic E-state index is 0.738. The molecule has 1 N–H and O–H groups in total. The van der Waals surface area contributed by atoms with Crippen molar-refractivity contribution in [1.82, 2.24) is 5.12 Å². The SMILES string of the molecule is CN(N=O)N=C[NH-]. The van der Waals surface area contributed by atoms with Gasteiger partial charge in [0.1, 0.15) is 0 Å². The van der Waals surface area contributed by atoms with Crippen molar-refractivity contribution < 1.29 is 0 Å². The Kier molecular flexibility index (Phi) is 2.58. The first-order valence-corrected chi connectivity index (χ1v) is 1.58. The molecule has 0 heterocycles. The van der Waals surface area contributed by atoms with Crippen LogP contribution in [0.25, 0.3) is 5.73 Å². The van der Waals surface area contributed by atoms with Crippen LogP contribution in [0.1, 0.15) is 0 Å². The van der Waals surface area contributed by atoms with Crippen LogP contribution < -0.4 is 0 Å². The predicted molar refractivity (Wildman–Crippen MR) is 26.4 cm³/mol. The highest BCUT2D eigenvalue weighted by molar-refractivity contribution is 5.62. The lowest BCUT2D eigenvalue weighted by Crippen LogP contribution is -1.97. The van der Waals surface area contributed by atoms with E-state index in [-0.39, 0.29) is 0 Å². The molecule has 0 bridgehead atoms. The fourth-order valence-electron chi connectivity index (χ4n) is 0.105. The highest BCUT2D eigenvalue weighted by atomic mass is 16.3. The molecule has 0 spiro atoms. The van der Waals surface area contributed by atoms with Gasteiger partial charge in [0.15, 0.2) is 0 Å². The Morgan fingerprint density at radius 2 is 2.43 bits per heavy atom. The van der Waals surface area contributed by atoms with Gasteiger partial charge in [-0.15, -0.1) is 4.91 Å². The molecule has 0 radical (unpaired) electrons. The molecule has 0 unspecified atom stereocenters. The second-order valence-corrected chi connectivity index (χ2v) is 0.816. The Bertz CT molecular complexity index is 79.8. The maximum atomic E-state index is 9.37. The van der Waals surface area contributed by atoms with Crippen molar-refractivity contribution in [3.63, 3.8) is 0 Å². The van der Waals surface area contributed by atoms with Crippen molar-refractivity contribution >= 4 is 6.34 Å². The molecular weight excluding hydrogens is 96.0 g/mol. The average Bonchev–Trinajstić information content (AvgIpc) is 1.68. The summed E-state index contributed by atoms with van der Waals surface area (Å²) in [7, 11) is 1.35. The maximum Gasteiger partial charge on any atom is 0.0558 e. The van der Waals surface area contributed by atoms with Gasteiger partial charge in [-0.2, -0.15) is 0 Å². The molecule has 0 rings (SSSR count). The second kappa shape index (κ2) is 3.08. The molecule has 0 aromatic carbocycles. The topological polar surface area (TPSA) is 68.8 Å². The van der Waals surface area contributed by atoms with Crippen LogP contribution in [0.4, 0.5) is 0 Å². The number of nitrogens with zero attached hydrogens (tertiary/aromatic N) is 3. The summed E-state index contributed by atoms with van der Waals surface area (Å²) in [4.78, 5) is 9.37. The number of nitroso groups, excluding NO2 is 1. The van der Waals surface area contributed by atoms with Gasteiger partial charge in [-0.1, -0.05) is 6.34 Å². The number of nitrogens with one attached hydrogen (secondary N) is 1. The molecular formula is C2H5N4O-. The molecule has 0 amide bonds. The maximum absolute atomic E-state index is 9.37. The van der Waals surface area contributed by atoms with Gasteiger partial charge in [0, 0.05) is 7.05 Å². The predicted octanol–water partition coefficient (Wildman–Crippen LogP) is 0.595. The van der Waals surface area contributed by atoms with Gasteiger partial charge in [-0.05, 0) is 0 Å². The molecule has 7 heavy (non-hydrogen) atoms. The molecule has 0 aromatic heterocycles. The molecule has 0 fully saturated rings. The van der Waals surface area contributed by atoms with Crippen LogP contribution in [0.5, 0.6) is 0 Å². The molecule has 5 nitrogen and oxygen atoms in total. The molecule has 0 saturated heterocycles. The zero-order valence-electron chi connectivity index (χ0n) is 3.83. The minimum Gasteiger partial charge on any atom is -0.487 e. The van der Waals surface area contributed by atoms with Gasteiger partial charge < -0.3 is 10.8 Å². The van der Waals surface area contributed by atoms with Crippen molar-refractivity contribution in [3.05, 3.63) is 10.6 Å². The van der Waals surface area contributed by atoms with Crippen molar-refractivity contribution in [1.29, 1.82) is 0 Å². The van der Waals surface area contributed by atoms with E-state index in [0.29, 0.717) is 0 Å². The Balaban J connectivity index is 3.35. The van der Waals surface area contributed by atoms with E-state index in [9.17, 15) is 4.91 Å². The molecule has 0 atom stereocenters. The van der Waals surface area contributed by atoms with Crippen LogP contribution in [0.15, 0.2) is 10.4 Å². The van der Waals surface area contributed by atoms with E-state index >= 15 is 0 Å². The fourth-order valence-corrected chi connectivity index (χ4v) is 0.105. The third-order valence-corrected chi connectivity index (χ3v) is 0.343. The van der Waals surface area contributed by atoms with E-state index in [1.165, 1.54) is 7.05 Å². The average molecular weight is 101 g/mol. The summed E-state index contributed by atoms with van der Waals surface area (Å²) in [5, 5.41) is 6.24. The molecule has 0 saturated carbocycles. The van der Waals surface area contributed by atoms with Crippen LogP contribution in [-0.2, 0) is 0 Å². The lowest BCUT2D eigenvalue weighted by Gasteiger charge is -2.04. The highest BCUT2D eigenvalue weighted by Gasteiger charge is 1.69. The Labute approximate surface area is 40.7 Å².